The van der Waals surface area contributed by atoms with Crippen molar-refractivity contribution in [2.24, 2.45) is 0 Å². The second kappa shape index (κ2) is 8.81. The van der Waals surface area contributed by atoms with E-state index in [1.165, 1.54) is 6.92 Å². The number of carbonyl (C=O) groups excluding carboxylic acids is 2. The molecule has 0 saturated carbocycles. The van der Waals surface area contributed by atoms with Gasteiger partial charge in [0.25, 0.3) is 5.91 Å². The largest absolute Gasteiger partial charge is 0.483 e. The van der Waals surface area contributed by atoms with Crippen LogP contribution in [0, 0.1) is 0 Å². The lowest BCUT2D eigenvalue weighted by molar-refractivity contribution is -0.120. The summed E-state index contributed by atoms with van der Waals surface area (Å²) in [5.41, 5.74) is 2.30. The average Bonchev–Trinajstić information content (AvgIpc) is 2.72. The van der Waals surface area contributed by atoms with Crippen LogP contribution >= 0.6 is 0 Å². The highest BCUT2D eigenvalue weighted by molar-refractivity contribution is 5.97. The minimum absolute atomic E-state index is 0.0951. The zero-order chi connectivity index (χ0) is 19.1. The van der Waals surface area contributed by atoms with Crippen molar-refractivity contribution in [3.05, 3.63) is 96.1 Å². The van der Waals surface area contributed by atoms with E-state index < -0.39 is 0 Å². The lowest BCUT2D eigenvalue weighted by Crippen LogP contribution is -2.34. The number of ether oxygens (including phenoxy) is 1. The van der Waals surface area contributed by atoms with E-state index in [4.69, 9.17) is 4.74 Å². The van der Waals surface area contributed by atoms with E-state index in [9.17, 15) is 9.59 Å². The molecule has 1 amide bonds. The van der Waals surface area contributed by atoms with E-state index in [2.05, 4.69) is 0 Å². The second-order valence-electron chi connectivity index (χ2n) is 6.14. The van der Waals surface area contributed by atoms with Gasteiger partial charge in [0.15, 0.2) is 12.4 Å². The van der Waals surface area contributed by atoms with Gasteiger partial charge in [0.1, 0.15) is 5.75 Å². The van der Waals surface area contributed by atoms with Gasteiger partial charge in [-0.25, -0.2) is 0 Å². The van der Waals surface area contributed by atoms with Crippen molar-refractivity contribution in [3.8, 4) is 5.75 Å². The van der Waals surface area contributed by atoms with Gasteiger partial charge in [-0.2, -0.15) is 0 Å². The molecule has 4 nitrogen and oxygen atoms in total. The first-order chi connectivity index (χ1) is 13.1. The number of rotatable bonds is 7. The van der Waals surface area contributed by atoms with Gasteiger partial charge < -0.3 is 9.64 Å². The number of carbonyl (C=O) groups is 2. The van der Waals surface area contributed by atoms with E-state index in [0.717, 1.165) is 11.3 Å². The molecule has 0 fully saturated rings. The Labute approximate surface area is 159 Å². The third kappa shape index (κ3) is 4.82. The standard InChI is InChI=1S/C23H21NO3/c1-18(25)21-14-8-9-15-22(21)27-17-23(26)24(20-12-6-3-7-13-20)16-19-10-4-2-5-11-19/h2-15H,16-17H2,1H3. The fourth-order valence-corrected chi connectivity index (χ4v) is 2.80. The number of nitrogens with zero attached hydrogens (tertiary/aromatic N) is 1. The van der Waals surface area contributed by atoms with E-state index in [1.807, 2.05) is 60.7 Å². The number of hydrogen-bond donors (Lipinski definition) is 0. The summed E-state index contributed by atoms with van der Waals surface area (Å²) in [5, 5.41) is 0. The number of anilines is 1. The molecule has 27 heavy (non-hydrogen) atoms. The summed E-state index contributed by atoms with van der Waals surface area (Å²) in [5.74, 6) is 0.150. The van der Waals surface area contributed by atoms with Crippen LogP contribution in [-0.4, -0.2) is 18.3 Å². The maximum absolute atomic E-state index is 12.9. The molecule has 4 heteroatoms. The molecular weight excluding hydrogens is 338 g/mol. The molecule has 0 aliphatic heterocycles. The van der Waals surface area contributed by atoms with Gasteiger partial charge in [-0.3, -0.25) is 9.59 Å². The molecule has 0 spiro atoms. The van der Waals surface area contributed by atoms with Crippen molar-refractivity contribution >= 4 is 17.4 Å². The lowest BCUT2D eigenvalue weighted by Gasteiger charge is -2.23. The number of benzene rings is 3. The Hall–Kier alpha value is -3.40. The Morgan fingerprint density at radius 3 is 2.07 bits per heavy atom. The van der Waals surface area contributed by atoms with Crippen LogP contribution in [0.3, 0.4) is 0 Å². The highest BCUT2D eigenvalue weighted by Gasteiger charge is 2.18. The van der Waals surface area contributed by atoms with Gasteiger partial charge in [-0.1, -0.05) is 60.7 Å². The van der Waals surface area contributed by atoms with Crippen LogP contribution in [-0.2, 0) is 11.3 Å². The van der Waals surface area contributed by atoms with Crippen molar-refractivity contribution in [2.75, 3.05) is 11.5 Å². The molecule has 0 radical (unpaired) electrons. The summed E-state index contributed by atoms with van der Waals surface area (Å²) < 4.78 is 5.69. The molecule has 0 bridgehead atoms. The summed E-state index contributed by atoms with van der Waals surface area (Å²) in [4.78, 5) is 26.3. The van der Waals surface area contributed by atoms with Crippen LogP contribution in [0.4, 0.5) is 5.69 Å². The van der Waals surface area contributed by atoms with Crippen molar-refractivity contribution in [1.29, 1.82) is 0 Å². The molecule has 136 valence electrons. The van der Waals surface area contributed by atoms with Crippen molar-refractivity contribution < 1.29 is 14.3 Å². The zero-order valence-electron chi connectivity index (χ0n) is 15.2. The Morgan fingerprint density at radius 2 is 1.41 bits per heavy atom. The first kappa shape index (κ1) is 18.4. The molecule has 0 heterocycles. The van der Waals surface area contributed by atoms with Gasteiger partial charge in [0.05, 0.1) is 12.1 Å². The normalized spacial score (nSPS) is 10.3. The monoisotopic (exact) mass is 359 g/mol. The zero-order valence-corrected chi connectivity index (χ0v) is 15.2. The second-order valence-corrected chi connectivity index (χ2v) is 6.14. The predicted molar refractivity (Wildman–Crippen MR) is 106 cm³/mol. The number of hydrogen-bond acceptors (Lipinski definition) is 3. The number of Topliss-reactive ketones (excluding diaryl/α,β-unsaturated/α-hetero) is 1. The molecule has 0 aliphatic rings. The molecule has 0 saturated heterocycles. The van der Waals surface area contributed by atoms with Gasteiger partial charge in [0, 0.05) is 5.69 Å². The molecule has 0 N–H and O–H groups in total. The summed E-state index contributed by atoms with van der Waals surface area (Å²) in [7, 11) is 0. The molecule has 0 aliphatic carbocycles. The molecule has 3 rings (SSSR count). The summed E-state index contributed by atoms with van der Waals surface area (Å²) in [6.07, 6.45) is 0. The predicted octanol–water partition coefficient (Wildman–Crippen LogP) is 4.50. The average molecular weight is 359 g/mol. The number of ketones is 1. The maximum Gasteiger partial charge on any atom is 0.265 e. The first-order valence-corrected chi connectivity index (χ1v) is 8.77. The molecule has 3 aromatic rings. The van der Waals surface area contributed by atoms with Gasteiger partial charge in [0.2, 0.25) is 0 Å². The third-order valence-electron chi connectivity index (χ3n) is 4.17. The Kier molecular flexibility index (Phi) is 6.00. The van der Waals surface area contributed by atoms with Crippen LogP contribution in [0.5, 0.6) is 5.75 Å². The van der Waals surface area contributed by atoms with E-state index in [-0.39, 0.29) is 18.3 Å². The summed E-state index contributed by atoms with van der Waals surface area (Å²) in [6, 6.07) is 26.2. The highest BCUT2D eigenvalue weighted by Crippen LogP contribution is 2.20. The molecule has 3 aromatic carbocycles. The van der Waals surface area contributed by atoms with E-state index >= 15 is 0 Å². The van der Waals surface area contributed by atoms with Crippen LogP contribution in [0.15, 0.2) is 84.9 Å². The van der Waals surface area contributed by atoms with Gasteiger partial charge in [-0.15, -0.1) is 0 Å². The van der Waals surface area contributed by atoms with E-state index in [1.54, 1.807) is 29.2 Å². The molecule has 0 aromatic heterocycles. The fourth-order valence-electron chi connectivity index (χ4n) is 2.80. The lowest BCUT2D eigenvalue weighted by atomic mass is 10.1. The molecule has 0 atom stereocenters. The quantitative estimate of drug-likeness (QED) is 0.584. The van der Waals surface area contributed by atoms with Crippen LogP contribution < -0.4 is 9.64 Å². The minimum atomic E-state index is -0.177. The topological polar surface area (TPSA) is 46.6 Å². The number of para-hydroxylation sites is 2. The van der Waals surface area contributed by atoms with Crippen molar-refractivity contribution in [1.82, 2.24) is 0 Å². The Balaban J connectivity index is 1.78. The van der Waals surface area contributed by atoms with Crippen molar-refractivity contribution in [2.45, 2.75) is 13.5 Å². The minimum Gasteiger partial charge on any atom is -0.483 e. The SMILES string of the molecule is CC(=O)c1ccccc1OCC(=O)N(Cc1ccccc1)c1ccccc1. The highest BCUT2D eigenvalue weighted by atomic mass is 16.5. The first-order valence-electron chi connectivity index (χ1n) is 8.77. The summed E-state index contributed by atoms with van der Waals surface area (Å²) in [6.45, 7) is 1.78. The summed E-state index contributed by atoms with van der Waals surface area (Å²) >= 11 is 0. The third-order valence-corrected chi connectivity index (χ3v) is 4.17. The number of amides is 1. The smallest absolute Gasteiger partial charge is 0.265 e. The van der Waals surface area contributed by atoms with Crippen LogP contribution in [0.1, 0.15) is 22.8 Å². The van der Waals surface area contributed by atoms with E-state index in [0.29, 0.717) is 17.9 Å². The van der Waals surface area contributed by atoms with Crippen LogP contribution in [0.2, 0.25) is 0 Å². The van der Waals surface area contributed by atoms with Crippen molar-refractivity contribution in [3.63, 3.8) is 0 Å². The van der Waals surface area contributed by atoms with Gasteiger partial charge >= 0.3 is 0 Å². The van der Waals surface area contributed by atoms with Crippen LogP contribution in [0.25, 0.3) is 0 Å². The fraction of sp³-hybridized carbons (Fsp3) is 0.130. The Bertz CT molecular complexity index is 907. The Morgan fingerprint density at radius 1 is 0.815 bits per heavy atom. The maximum atomic E-state index is 12.9. The molecule has 0 unspecified atom stereocenters. The van der Waals surface area contributed by atoms with Gasteiger partial charge in [-0.05, 0) is 36.8 Å². The molecular formula is C23H21NO3.